The standard InChI is InChI=1S/C16H15BrN4O2S/c1-10(11-5-3-2-4-6-11)21-13(22)16(7-8-16)20(15(21)23)9-12-18-19-14(17)24-12/h2-6,10H,7-9H2,1H3/t10-/m0/s1. The lowest BCUT2D eigenvalue weighted by molar-refractivity contribution is -0.130. The molecule has 2 heterocycles. The van der Waals surface area contributed by atoms with Crippen LogP contribution in [0.25, 0.3) is 0 Å². The fourth-order valence-corrected chi connectivity index (χ4v) is 4.41. The highest BCUT2D eigenvalue weighted by Gasteiger charge is 2.65. The van der Waals surface area contributed by atoms with Crippen LogP contribution in [0.4, 0.5) is 4.79 Å². The number of carbonyl (C=O) groups excluding carboxylic acids is 2. The van der Waals surface area contributed by atoms with E-state index >= 15 is 0 Å². The van der Waals surface area contributed by atoms with Crippen molar-refractivity contribution in [3.05, 3.63) is 44.8 Å². The van der Waals surface area contributed by atoms with E-state index in [2.05, 4.69) is 26.1 Å². The van der Waals surface area contributed by atoms with Gasteiger partial charge in [-0.2, -0.15) is 0 Å². The molecular weight excluding hydrogens is 392 g/mol. The molecule has 1 atom stereocenters. The molecular formula is C16H15BrN4O2S. The number of carbonyl (C=O) groups is 2. The second-order valence-electron chi connectivity index (χ2n) is 6.11. The molecule has 124 valence electrons. The Bertz CT molecular complexity index is 805. The third-order valence-electron chi connectivity index (χ3n) is 4.70. The Kier molecular flexibility index (Phi) is 3.69. The molecule has 2 aliphatic rings. The molecule has 3 amide bonds. The summed E-state index contributed by atoms with van der Waals surface area (Å²) in [6.45, 7) is 2.22. The molecule has 1 spiro atoms. The van der Waals surface area contributed by atoms with Gasteiger partial charge in [-0.15, -0.1) is 10.2 Å². The van der Waals surface area contributed by atoms with Crippen molar-refractivity contribution in [1.82, 2.24) is 20.0 Å². The van der Waals surface area contributed by atoms with Crippen LogP contribution in [-0.4, -0.2) is 37.5 Å². The fraction of sp³-hybridized carbons (Fsp3) is 0.375. The average molecular weight is 407 g/mol. The zero-order valence-corrected chi connectivity index (χ0v) is 15.4. The molecule has 1 saturated heterocycles. The third kappa shape index (κ3) is 2.36. The van der Waals surface area contributed by atoms with Crippen molar-refractivity contribution in [3.8, 4) is 0 Å². The summed E-state index contributed by atoms with van der Waals surface area (Å²) in [5.74, 6) is -0.0903. The minimum Gasteiger partial charge on any atom is -0.303 e. The number of rotatable bonds is 4. The van der Waals surface area contributed by atoms with Crippen LogP contribution in [0.15, 0.2) is 34.2 Å². The molecule has 6 nitrogen and oxygen atoms in total. The number of hydrogen-bond acceptors (Lipinski definition) is 5. The molecule has 1 saturated carbocycles. The second kappa shape index (κ2) is 5.63. The molecule has 24 heavy (non-hydrogen) atoms. The largest absolute Gasteiger partial charge is 0.328 e. The zero-order valence-electron chi connectivity index (χ0n) is 13.0. The smallest absolute Gasteiger partial charge is 0.303 e. The van der Waals surface area contributed by atoms with Gasteiger partial charge in [0.15, 0.2) is 3.92 Å². The maximum absolute atomic E-state index is 13.0. The van der Waals surface area contributed by atoms with Crippen LogP contribution in [0.2, 0.25) is 0 Å². The molecule has 1 aromatic heterocycles. The van der Waals surface area contributed by atoms with Crippen molar-refractivity contribution in [2.45, 2.75) is 37.9 Å². The summed E-state index contributed by atoms with van der Waals surface area (Å²) in [5, 5.41) is 8.70. The maximum atomic E-state index is 13.0. The monoisotopic (exact) mass is 406 g/mol. The van der Waals surface area contributed by atoms with Crippen molar-refractivity contribution < 1.29 is 9.59 Å². The molecule has 0 N–H and O–H groups in total. The highest BCUT2D eigenvalue weighted by molar-refractivity contribution is 9.11. The average Bonchev–Trinajstić information content (AvgIpc) is 3.25. The van der Waals surface area contributed by atoms with E-state index in [1.54, 1.807) is 4.90 Å². The van der Waals surface area contributed by atoms with Crippen LogP contribution >= 0.6 is 27.3 Å². The number of nitrogens with zero attached hydrogens (tertiary/aromatic N) is 4. The molecule has 0 radical (unpaired) electrons. The predicted molar refractivity (Wildman–Crippen MR) is 92.2 cm³/mol. The van der Waals surface area contributed by atoms with Crippen molar-refractivity contribution >= 4 is 39.2 Å². The van der Waals surface area contributed by atoms with Gasteiger partial charge in [0.25, 0.3) is 5.91 Å². The van der Waals surface area contributed by atoms with Gasteiger partial charge in [0.2, 0.25) is 0 Å². The number of aromatic nitrogens is 2. The molecule has 8 heteroatoms. The molecule has 1 aromatic carbocycles. The van der Waals surface area contributed by atoms with Gasteiger partial charge >= 0.3 is 6.03 Å². The Hall–Kier alpha value is -1.80. The normalized spacial score (nSPS) is 20.1. The van der Waals surface area contributed by atoms with Crippen LogP contribution in [0.3, 0.4) is 0 Å². The van der Waals surface area contributed by atoms with Crippen molar-refractivity contribution in [2.24, 2.45) is 0 Å². The first-order chi connectivity index (χ1) is 11.5. The Morgan fingerprint density at radius 1 is 1.25 bits per heavy atom. The van der Waals surface area contributed by atoms with E-state index in [4.69, 9.17) is 0 Å². The summed E-state index contributed by atoms with van der Waals surface area (Å²) in [5.41, 5.74) is 0.286. The van der Waals surface area contributed by atoms with Crippen LogP contribution < -0.4 is 0 Å². The van der Waals surface area contributed by atoms with Crippen LogP contribution in [-0.2, 0) is 11.3 Å². The van der Waals surface area contributed by atoms with E-state index in [1.807, 2.05) is 37.3 Å². The Morgan fingerprint density at radius 2 is 1.96 bits per heavy atom. The lowest BCUT2D eigenvalue weighted by Gasteiger charge is -2.23. The second-order valence-corrected chi connectivity index (χ2v) is 8.45. The van der Waals surface area contributed by atoms with Gasteiger partial charge in [0.05, 0.1) is 12.6 Å². The maximum Gasteiger partial charge on any atom is 0.328 e. The highest BCUT2D eigenvalue weighted by Crippen LogP contribution is 2.50. The predicted octanol–water partition coefficient (Wildman–Crippen LogP) is 3.36. The Morgan fingerprint density at radius 3 is 2.54 bits per heavy atom. The minimum atomic E-state index is -0.668. The van der Waals surface area contributed by atoms with Gasteiger partial charge in [-0.3, -0.25) is 9.69 Å². The van der Waals surface area contributed by atoms with E-state index in [9.17, 15) is 9.59 Å². The number of urea groups is 1. The minimum absolute atomic E-state index is 0.0903. The lowest BCUT2D eigenvalue weighted by Crippen LogP contribution is -2.36. The van der Waals surface area contributed by atoms with Crippen molar-refractivity contribution in [2.75, 3.05) is 0 Å². The molecule has 1 aliphatic heterocycles. The zero-order chi connectivity index (χ0) is 16.9. The van der Waals surface area contributed by atoms with E-state index in [1.165, 1.54) is 16.2 Å². The van der Waals surface area contributed by atoms with E-state index < -0.39 is 5.54 Å². The Labute approximate surface area is 151 Å². The van der Waals surface area contributed by atoms with Gasteiger partial charge in [-0.25, -0.2) is 4.79 Å². The first-order valence-corrected chi connectivity index (χ1v) is 9.32. The number of imide groups is 1. The quantitative estimate of drug-likeness (QED) is 0.730. The molecule has 1 aliphatic carbocycles. The fourth-order valence-electron chi connectivity index (χ4n) is 3.22. The van der Waals surface area contributed by atoms with Gasteiger partial charge in [0, 0.05) is 0 Å². The van der Waals surface area contributed by atoms with E-state index in [0.29, 0.717) is 10.5 Å². The van der Waals surface area contributed by atoms with E-state index in [-0.39, 0.29) is 18.0 Å². The van der Waals surface area contributed by atoms with Gasteiger partial charge in [0.1, 0.15) is 10.5 Å². The number of benzene rings is 1. The summed E-state index contributed by atoms with van der Waals surface area (Å²) in [6.07, 6.45) is 1.44. The van der Waals surface area contributed by atoms with Crippen LogP contribution in [0.1, 0.15) is 36.4 Å². The highest BCUT2D eigenvalue weighted by atomic mass is 79.9. The SMILES string of the molecule is C[C@@H](c1ccccc1)N1C(=O)N(Cc2nnc(Br)s2)C2(CC2)C1=O. The van der Waals surface area contributed by atoms with Crippen LogP contribution in [0.5, 0.6) is 0 Å². The summed E-state index contributed by atoms with van der Waals surface area (Å²) < 4.78 is 0.676. The van der Waals surface area contributed by atoms with Gasteiger partial charge in [-0.1, -0.05) is 41.7 Å². The van der Waals surface area contributed by atoms with Crippen molar-refractivity contribution in [3.63, 3.8) is 0 Å². The number of hydrogen-bond donors (Lipinski definition) is 0. The molecule has 4 rings (SSSR count). The topological polar surface area (TPSA) is 66.4 Å². The van der Waals surface area contributed by atoms with Gasteiger partial charge < -0.3 is 4.90 Å². The summed E-state index contributed by atoms with van der Waals surface area (Å²) in [4.78, 5) is 29.0. The van der Waals surface area contributed by atoms with Gasteiger partial charge in [-0.05, 0) is 41.3 Å². The Balaban J connectivity index is 1.63. The first kappa shape index (κ1) is 15.7. The summed E-state index contributed by atoms with van der Waals surface area (Å²) in [6, 6.07) is 9.12. The lowest BCUT2D eigenvalue weighted by atomic mass is 10.1. The van der Waals surface area contributed by atoms with Crippen molar-refractivity contribution in [1.29, 1.82) is 0 Å². The molecule has 0 unspecified atom stereocenters. The molecule has 2 fully saturated rings. The molecule has 0 bridgehead atoms. The van der Waals surface area contributed by atoms with Crippen LogP contribution in [0, 0.1) is 0 Å². The first-order valence-electron chi connectivity index (χ1n) is 7.71. The molecule has 2 aromatic rings. The number of halogens is 1. The number of amides is 3. The summed E-state index contributed by atoms with van der Waals surface area (Å²) in [7, 11) is 0. The third-order valence-corrected chi connectivity index (χ3v) is 6.04. The summed E-state index contributed by atoms with van der Waals surface area (Å²) >= 11 is 4.67. The van der Waals surface area contributed by atoms with E-state index in [0.717, 1.165) is 23.4 Å².